The third kappa shape index (κ3) is 1.39. The van der Waals surface area contributed by atoms with Gasteiger partial charge in [0.25, 0.3) is 0 Å². The summed E-state index contributed by atoms with van der Waals surface area (Å²) in [5, 5.41) is 1.88. The van der Waals surface area contributed by atoms with Crippen molar-refractivity contribution in [3.63, 3.8) is 0 Å². The molecule has 0 aromatic heterocycles. The second-order valence-electron chi connectivity index (χ2n) is 3.13. The molecule has 0 aromatic rings. The number of nitrogens with zero attached hydrogens (tertiary/aromatic N) is 1. The Morgan fingerprint density at radius 3 is 2.50 bits per heavy atom. The number of nitrogens with two attached hydrogens (primary N) is 1. The average molecular weight is 140 g/mol. The van der Waals surface area contributed by atoms with Crippen LogP contribution in [0, 0.1) is 5.92 Å². The van der Waals surface area contributed by atoms with Crippen molar-refractivity contribution in [1.29, 1.82) is 0 Å². The highest BCUT2D eigenvalue weighted by molar-refractivity contribution is 5.06. The smallest absolute Gasteiger partial charge is 0.0448 e. The van der Waals surface area contributed by atoms with E-state index in [0.29, 0.717) is 12.0 Å². The maximum Gasteiger partial charge on any atom is 0.0448 e. The molecule has 58 valence electrons. The van der Waals surface area contributed by atoms with E-state index >= 15 is 0 Å². The van der Waals surface area contributed by atoms with Gasteiger partial charge in [-0.3, -0.25) is 5.84 Å². The molecule has 0 saturated carbocycles. The minimum absolute atomic E-state index is 0.586. The predicted molar refractivity (Wildman–Crippen MR) is 43.3 cm³/mol. The Morgan fingerprint density at radius 1 is 1.90 bits per heavy atom. The molecule has 2 heteroatoms. The quantitative estimate of drug-likeness (QED) is 0.362. The van der Waals surface area contributed by atoms with Gasteiger partial charge < -0.3 is 0 Å². The number of rotatable bonds is 3. The Hall–Kier alpha value is -0.340. The van der Waals surface area contributed by atoms with E-state index in [1.54, 1.807) is 0 Å². The van der Waals surface area contributed by atoms with Gasteiger partial charge in [-0.05, 0) is 19.3 Å². The van der Waals surface area contributed by atoms with E-state index in [-0.39, 0.29) is 0 Å². The van der Waals surface area contributed by atoms with Gasteiger partial charge in [-0.2, -0.15) is 0 Å². The average Bonchev–Trinajstić information content (AvgIpc) is 2.48. The van der Waals surface area contributed by atoms with Gasteiger partial charge in [-0.25, -0.2) is 5.01 Å². The molecule has 10 heavy (non-hydrogen) atoms. The van der Waals surface area contributed by atoms with E-state index in [9.17, 15) is 0 Å². The summed E-state index contributed by atoms with van der Waals surface area (Å²) in [6.07, 6.45) is 1.16. The Kier molecular flexibility index (Phi) is 2.11. The van der Waals surface area contributed by atoms with Crippen LogP contribution in [0.3, 0.4) is 0 Å². The van der Waals surface area contributed by atoms with Crippen LogP contribution in [0.15, 0.2) is 12.2 Å². The molecule has 0 spiro atoms. The summed E-state index contributed by atoms with van der Waals surface area (Å²) in [5.74, 6) is 6.19. The molecule has 0 radical (unpaired) electrons. The predicted octanol–water partition coefficient (Wildman–Crippen LogP) is 1.15. The van der Waals surface area contributed by atoms with Gasteiger partial charge in [0.05, 0.1) is 0 Å². The molecule has 1 saturated heterocycles. The number of hydrogen-bond donors (Lipinski definition) is 1. The van der Waals surface area contributed by atoms with Crippen LogP contribution in [0.25, 0.3) is 0 Å². The monoisotopic (exact) mass is 140 g/mol. The molecule has 3 unspecified atom stereocenters. The second kappa shape index (κ2) is 2.72. The molecule has 1 heterocycles. The fraction of sp³-hybridized carbons (Fsp3) is 0.750. The Balaban J connectivity index is 2.42. The van der Waals surface area contributed by atoms with Gasteiger partial charge >= 0.3 is 0 Å². The Morgan fingerprint density at radius 2 is 2.40 bits per heavy atom. The molecular formula is C8H16N2. The molecule has 1 aliphatic rings. The van der Waals surface area contributed by atoms with Crippen LogP contribution in [-0.4, -0.2) is 17.6 Å². The van der Waals surface area contributed by atoms with E-state index in [1.807, 2.05) is 5.01 Å². The fourth-order valence-electron chi connectivity index (χ4n) is 1.48. The van der Waals surface area contributed by atoms with Crippen LogP contribution in [0.4, 0.5) is 0 Å². The van der Waals surface area contributed by atoms with Crippen molar-refractivity contribution in [1.82, 2.24) is 5.01 Å². The third-order valence-corrected chi connectivity index (χ3v) is 2.23. The maximum absolute atomic E-state index is 5.57. The molecule has 1 rings (SSSR count). The molecule has 0 amide bonds. The zero-order valence-corrected chi connectivity index (χ0v) is 6.80. The number of hydrazine groups is 1. The van der Waals surface area contributed by atoms with Crippen molar-refractivity contribution in [2.75, 3.05) is 6.54 Å². The lowest BCUT2D eigenvalue weighted by molar-refractivity contribution is 0.447. The standard InChI is InChI=1S/C8H16N2/c1-4-7(6(2)3)8-5-10(8)9/h7-8H,2,4-5,9H2,1,3H3. The van der Waals surface area contributed by atoms with Crippen molar-refractivity contribution in [2.45, 2.75) is 26.3 Å². The van der Waals surface area contributed by atoms with Crippen molar-refractivity contribution in [3.8, 4) is 0 Å². The van der Waals surface area contributed by atoms with Crippen LogP contribution in [0.1, 0.15) is 20.3 Å². The SMILES string of the molecule is C=C(C)C(CC)C1CN1N. The highest BCUT2D eigenvalue weighted by Crippen LogP contribution is 2.28. The zero-order chi connectivity index (χ0) is 7.72. The first kappa shape index (κ1) is 7.76. The fourth-order valence-corrected chi connectivity index (χ4v) is 1.48. The lowest BCUT2D eigenvalue weighted by atomic mass is 9.95. The minimum atomic E-state index is 0.586. The van der Waals surface area contributed by atoms with E-state index in [0.717, 1.165) is 13.0 Å². The van der Waals surface area contributed by atoms with Crippen LogP contribution < -0.4 is 5.84 Å². The third-order valence-electron chi connectivity index (χ3n) is 2.23. The normalized spacial score (nSPS) is 33.5. The van der Waals surface area contributed by atoms with E-state index in [2.05, 4.69) is 20.4 Å². The summed E-state index contributed by atoms with van der Waals surface area (Å²) in [6, 6.07) is 0.586. The van der Waals surface area contributed by atoms with Gasteiger partial charge in [0.2, 0.25) is 0 Å². The molecular weight excluding hydrogens is 124 g/mol. The summed E-state index contributed by atoms with van der Waals surface area (Å²) in [4.78, 5) is 0. The van der Waals surface area contributed by atoms with Crippen molar-refractivity contribution in [2.24, 2.45) is 11.8 Å². The second-order valence-corrected chi connectivity index (χ2v) is 3.13. The molecule has 3 atom stereocenters. The van der Waals surface area contributed by atoms with Gasteiger partial charge in [0.1, 0.15) is 0 Å². The summed E-state index contributed by atoms with van der Waals surface area (Å²) in [7, 11) is 0. The summed E-state index contributed by atoms with van der Waals surface area (Å²) in [6.45, 7) is 9.26. The molecule has 2 N–H and O–H groups in total. The van der Waals surface area contributed by atoms with Crippen LogP contribution in [-0.2, 0) is 0 Å². The lowest BCUT2D eigenvalue weighted by Crippen LogP contribution is -2.17. The molecule has 1 aliphatic heterocycles. The van der Waals surface area contributed by atoms with E-state index < -0.39 is 0 Å². The van der Waals surface area contributed by atoms with Crippen LogP contribution in [0.5, 0.6) is 0 Å². The Labute approximate surface area is 62.7 Å². The molecule has 2 nitrogen and oxygen atoms in total. The first-order valence-electron chi connectivity index (χ1n) is 3.83. The van der Waals surface area contributed by atoms with Gasteiger partial charge in [0, 0.05) is 12.6 Å². The maximum atomic E-state index is 5.57. The van der Waals surface area contributed by atoms with Crippen molar-refractivity contribution >= 4 is 0 Å². The molecule has 0 aliphatic carbocycles. The molecule has 0 aromatic carbocycles. The molecule has 0 bridgehead atoms. The first-order valence-corrected chi connectivity index (χ1v) is 3.83. The Bertz CT molecular complexity index is 142. The highest BCUT2D eigenvalue weighted by Gasteiger charge is 2.37. The zero-order valence-electron chi connectivity index (χ0n) is 6.80. The van der Waals surface area contributed by atoms with Crippen LogP contribution >= 0.6 is 0 Å². The van der Waals surface area contributed by atoms with Crippen molar-refractivity contribution < 1.29 is 0 Å². The minimum Gasteiger partial charge on any atom is -0.268 e. The highest BCUT2D eigenvalue weighted by atomic mass is 15.5. The lowest BCUT2D eigenvalue weighted by Gasteiger charge is -2.12. The van der Waals surface area contributed by atoms with Crippen molar-refractivity contribution in [3.05, 3.63) is 12.2 Å². The largest absolute Gasteiger partial charge is 0.268 e. The van der Waals surface area contributed by atoms with Crippen LogP contribution in [0.2, 0.25) is 0 Å². The van der Waals surface area contributed by atoms with Gasteiger partial charge in [0.15, 0.2) is 0 Å². The summed E-state index contributed by atoms with van der Waals surface area (Å²) < 4.78 is 0. The van der Waals surface area contributed by atoms with E-state index in [1.165, 1.54) is 5.57 Å². The van der Waals surface area contributed by atoms with Gasteiger partial charge in [-0.1, -0.05) is 19.1 Å². The summed E-state index contributed by atoms with van der Waals surface area (Å²) >= 11 is 0. The van der Waals surface area contributed by atoms with Gasteiger partial charge in [-0.15, -0.1) is 0 Å². The number of hydrogen-bond acceptors (Lipinski definition) is 2. The molecule has 1 fully saturated rings. The summed E-state index contributed by atoms with van der Waals surface area (Å²) in [5.41, 5.74) is 1.26. The topological polar surface area (TPSA) is 29.0 Å². The first-order chi connectivity index (χ1) is 4.66. The van der Waals surface area contributed by atoms with E-state index in [4.69, 9.17) is 5.84 Å².